The molecule has 1 atom stereocenters. The molecule has 0 aromatic carbocycles. The zero-order valence-electron chi connectivity index (χ0n) is 15.8. The molecule has 2 aliphatic rings. The smallest absolute Gasteiger partial charge is 0.356 e. The molecule has 1 saturated carbocycles. The molecule has 1 unspecified atom stereocenters. The number of hydrogen-bond acceptors (Lipinski definition) is 2. The number of alkyl halides is 3. The minimum atomic E-state index is -4.10. The van der Waals surface area contributed by atoms with E-state index < -0.39 is 12.7 Å². The van der Waals surface area contributed by atoms with Crippen LogP contribution in [0.5, 0.6) is 0 Å². The summed E-state index contributed by atoms with van der Waals surface area (Å²) in [4.78, 5) is 5.69. The first-order chi connectivity index (χ1) is 12.0. The fraction of sp³-hybridized carbons (Fsp3) is 0.944. The number of rotatable bonds is 8. The minimum absolute atomic E-state index is 0. The van der Waals surface area contributed by atoms with E-state index in [-0.39, 0.29) is 29.9 Å². The molecule has 0 bridgehead atoms. The van der Waals surface area contributed by atoms with Crippen molar-refractivity contribution < 1.29 is 13.2 Å². The van der Waals surface area contributed by atoms with Crippen molar-refractivity contribution in [1.82, 2.24) is 15.5 Å². The fourth-order valence-electron chi connectivity index (χ4n) is 4.00. The SMILES string of the molecule is CN=C(NCCCCC1CCCC1)NCC1CCN(CC(F)(F)F)C1.I. The highest BCUT2D eigenvalue weighted by Gasteiger charge is 2.34. The molecule has 26 heavy (non-hydrogen) atoms. The molecule has 2 fully saturated rings. The minimum Gasteiger partial charge on any atom is -0.356 e. The van der Waals surface area contributed by atoms with Crippen LogP contribution in [0.1, 0.15) is 51.4 Å². The molecular formula is C18H34F3IN4. The van der Waals surface area contributed by atoms with Gasteiger partial charge in [0.25, 0.3) is 0 Å². The lowest BCUT2D eigenvalue weighted by atomic mass is 10.0. The maximum absolute atomic E-state index is 12.4. The van der Waals surface area contributed by atoms with Crippen molar-refractivity contribution >= 4 is 29.9 Å². The van der Waals surface area contributed by atoms with Gasteiger partial charge < -0.3 is 10.6 Å². The van der Waals surface area contributed by atoms with Crippen LogP contribution in [0.25, 0.3) is 0 Å². The Morgan fingerprint density at radius 1 is 1.08 bits per heavy atom. The van der Waals surface area contributed by atoms with Crippen LogP contribution in [-0.2, 0) is 0 Å². The van der Waals surface area contributed by atoms with Crippen molar-refractivity contribution in [3.05, 3.63) is 0 Å². The van der Waals surface area contributed by atoms with Gasteiger partial charge in [-0.2, -0.15) is 13.2 Å². The number of hydrogen-bond donors (Lipinski definition) is 2. The van der Waals surface area contributed by atoms with E-state index in [1.54, 1.807) is 7.05 Å². The number of halogens is 4. The molecule has 1 aliphatic heterocycles. The van der Waals surface area contributed by atoms with Gasteiger partial charge in [0.15, 0.2) is 5.96 Å². The van der Waals surface area contributed by atoms with Gasteiger partial charge in [-0.3, -0.25) is 9.89 Å². The zero-order chi connectivity index (χ0) is 18.1. The Hall–Kier alpha value is -0.250. The third-order valence-corrected chi connectivity index (χ3v) is 5.36. The van der Waals surface area contributed by atoms with Gasteiger partial charge in [0.2, 0.25) is 0 Å². The quantitative estimate of drug-likeness (QED) is 0.234. The Kier molecular flexibility index (Phi) is 11.2. The van der Waals surface area contributed by atoms with Crippen molar-refractivity contribution in [3.8, 4) is 0 Å². The molecule has 0 amide bonds. The molecule has 8 heteroatoms. The Labute approximate surface area is 172 Å². The van der Waals surface area contributed by atoms with Crippen LogP contribution in [0.2, 0.25) is 0 Å². The molecule has 1 aliphatic carbocycles. The van der Waals surface area contributed by atoms with Crippen LogP contribution < -0.4 is 10.6 Å². The molecular weight excluding hydrogens is 456 g/mol. The van der Waals surface area contributed by atoms with E-state index in [0.29, 0.717) is 19.6 Å². The highest BCUT2D eigenvalue weighted by atomic mass is 127. The molecule has 4 nitrogen and oxygen atoms in total. The third-order valence-electron chi connectivity index (χ3n) is 5.36. The molecule has 0 spiro atoms. The molecule has 1 saturated heterocycles. The summed E-state index contributed by atoms with van der Waals surface area (Å²) < 4.78 is 37.3. The Morgan fingerprint density at radius 2 is 1.81 bits per heavy atom. The van der Waals surface area contributed by atoms with Crippen molar-refractivity contribution in [2.45, 2.75) is 57.5 Å². The lowest BCUT2D eigenvalue weighted by Gasteiger charge is -2.18. The summed E-state index contributed by atoms with van der Waals surface area (Å²) in [6.07, 6.45) is 6.06. The van der Waals surface area contributed by atoms with Gasteiger partial charge in [-0.05, 0) is 31.2 Å². The number of aliphatic imine (C=N–C) groups is 1. The Morgan fingerprint density at radius 3 is 2.46 bits per heavy atom. The molecule has 2 rings (SSSR count). The monoisotopic (exact) mass is 490 g/mol. The first-order valence-electron chi connectivity index (χ1n) is 9.70. The van der Waals surface area contributed by atoms with Gasteiger partial charge in [-0.25, -0.2) is 0 Å². The number of guanidine groups is 1. The van der Waals surface area contributed by atoms with Crippen LogP contribution in [0.4, 0.5) is 13.2 Å². The number of nitrogens with one attached hydrogen (secondary N) is 2. The first-order valence-corrected chi connectivity index (χ1v) is 9.70. The summed E-state index contributed by atoms with van der Waals surface area (Å²) >= 11 is 0. The largest absolute Gasteiger partial charge is 0.401 e. The first kappa shape index (κ1) is 23.8. The maximum atomic E-state index is 12.4. The van der Waals surface area contributed by atoms with Crippen LogP contribution in [0.3, 0.4) is 0 Å². The Bertz CT molecular complexity index is 412. The molecule has 1 heterocycles. The van der Waals surface area contributed by atoms with Crippen LogP contribution in [-0.4, -0.2) is 56.8 Å². The van der Waals surface area contributed by atoms with E-state index in [1.165, 1.54) is 43.4 Å². The molecule has 154 valence electrons. The van der Waals surface area contributed by atoms with Crippen molar-refractivity contribution in [2.75, 3.05) is 39.8 Å². The second-order valence-corrected chi connectivity index (χ2v) is 7.53. The summed E-state index contributed by atoms with van der Waals surface area (Å²) in [5.41, 5.74) is 0. The number of nitrogens with zero attached hydrogens (tertiary/aromatic N) is 2. The highest BCUT2D eigenvalue weighted by Crippen LogP contribution is 2.28. The molecule has 0 aromatic rings. The normalized spacial score (nSPS) is 22.5. The topological polar surface area (TPSA) is 39.7 Å². The van der Waals surface area contributed by atoms with E-state index >= 15 is 0 Å². The van der Waals surface area contributed by atoms with Gasteiger partial charge in [-0.15, -0.1) is 24.0 Å². The van der Waals surface area contributed by atoms with Gasteiger partial charge >= 0.3 is 6.18 Å². The fourth-order valence-corrected chi connectivity index (χ4v) is 4.00. The summed E-state index contributed by atoms with van der Waals surface area (Å²) in [5.74, 6) is 1.96. The molecule has 2 N–H and O–H groups in total. The lowest BCUT2D eigenvalue weighted by Crippen LogP contribution is -2.41. The zero-order valence-corrected chi connectivity index (χ0v) is 18.1. The molecule has 0 radical (unpaired) electrons. The number of likely N-dealkylation sites (tertiary alicyclic amines) is 1. The lowest BCUT2D eigenvalue weighted by molar-refractivity contribution is -0.143. The van der Waals surface area contributed by atoms with Crippen LogP contribution in [0.15, 0.2) is 4.99 Å². The standard InChI is InChI=1S/C18H33F3N4.HI/c1-22-17(23-10-5-4-8-15-6-2-3-7-15)24-12-16-9-11-25(13-16)14-18(19,20)21;/h15-16H,2-14H2,1H3,(H2,22,23,24);1H. The van der Waals surface area contributed by atoms with E-state index in [4.69, 9.17) is 0 Å². The Balaban J connectivity index is 0.00000338. The van der Waals surface area contributed by atoms with Gasteiger partial charge in [0, 0.05) is 26.7 Å². The van der Waals surface area contributed by atoms with Gasteiger partial charge in [0.1, 0.15) is 0 Å². The average Bonchev–Trinajstić information content (AvgIpc) is 3.20. The van der Waals surface area contributed by atoms with Crippen LogP contribution >= 0.6 is 24.0 Å². The average molecular weight is 490 g/mol. The van der Waals surface area contributed by atoms with Crippen molar-refractivity contribution in [1.29, 1.82) is 0 Å². The van der Waals surface area contributed by atoms with E-state index in [2.05, 4.69) is 15.6 Å². The maximum Gasteiger partial charge on any atom is 0.401 e. The van der Waals surface area contributed by atoms with Crippen LogP contribution in [0, 0.1) is 11.8 Å². The second-order valence-electron chi connectivity index (χ2n) is 7.53. The highest BCUT2D eigenvalue weighted by molar-refractivity contribution is 14.0. The molecule has 0 aromatic heterocycles. The van der Waals surface area contributed by atoms with E-state index in [9.17, 15) is 13.2 Å². The van der Waals surface area contributed by atoms with E-state index in [1.807, 2.05) is 0 Å². The van der Waals surface area contributed by atoms with Gasteiger partial charge in [-0.1, -0.05) is 38.5 Å². The van der Waals surface area contributed by atoms with Crippen molar-refractivity contribution in [3.63, 3.8) is 0 Å². The predicted octanol–water partition coefficient (Wildman–Crippen LogP) is 4.01. The summed E-state index contributed by atoms with van der Waals surface area (Å²) in [5, 5.41) is 6.57. The van der Waals surface area contributed by atoms with Gasteiger partial charge in [0.05, 0.1) is 6.54 Å². The second kappa shape index (κ2) is 12.3. The number of unbranched alkanes of at least 4 members (excludes halogenated alkanes) is 1. The summed E-state index contributed by atoms with van der Waals surface area (Å²) in [6, 6.07) is 0. The van der Waals surface area contributed by atoms with Crippen molar-refractivity contribution in [2.24, 2.45) is 16.8 Å². The summed E-state index contributed by atoms with van der Waals surface area (Å²) in [7, 11) is 1.73. The summed E-state index contributed by atoms with van der Waals surface area (Å²) in [6.45, 7) is 1.81. The van der Waals surface area contributed by atoms with E-state index in [0.717, 1.165) is 31.3 Å². The predicted molar refractivity (Wildman–Crippen MR) is 111 cm³/mol. The third kappa shape index (κ3) is 9.62.